The van der Waals surface area contributed by atoms with Crippen molar-refractivity contribution in [2.45, 2.75) is 51.4 Å². The number of hydrogen-bond donors (Lipinski definition) is 0. The second kappa shape index (κ2) is 6.02. The Morgan fingerprint density at radius 3 is 2.15 bits per heavy atom. The van der Waals surface area contributed by atoms with Crippen LogP contribution in [0.15, 0.2) is 12.1 Å². The van der Waals surface area contributed by atoms with Crippen LogP contribution in [0, 0.1) is 0 Å². The Hall–Kier alpha value is 0.0190. The van der Waals surface area contributed by atoms with Crippen molar-refractivity contribution in [3.05, 3.63) is 23.3 Å². The summed E-state index contributed by atoms with van der Waals surface area (Å²) in [6.45, 7) is 9.69. The molecule has 2 rings (SSSR count). The van der Waals surface area contributed by atoms with Gasteiger partial charge in [-0.05, 0) is 0 Å². The van der Waals surface area contributed by atoms with Crippen LogP contribution in [0.1, 0.15) is 51.7 Å². The zero-order chi connectivity index (χ0) is 15.0. The van der Waals surface area contributed by atoms with Crippen LogP contribution in [-0.2, 0) is 15.6 Å². The molecule has 0 unspecified atom stereocenters. The predicted octanol–water partition coefficient (Wildman–Crippen LogP) is 2.43. The predicted molar refractivity (Wildman–Crippen MR) is 85.4 cm³/mol. The van der Waals surface area contributed by atoms with Gasteiger partial charge in [0.2, 0.25) is 0 Å². The molecule has 0 atom stereocenters. The van der Waals surface area contributed by atoms with Gasteiger partial charge < -0.3 is 0 Å². The van der Waals surface area contributed by atoms with Crippen LogP contribution >= 0.6 is 0 Å². The van der Waals surface area contributed by atoms with Crippen molar-refractivity contribution in [3.8, 4) is 5.75 Å². The molecule has 4 heteroatoms. The quantitative estimate of drug-likeness (QED) is 0.566. The number of benzene rings is 1. The van der Waals surface area contributed by atoms with E-state index in [1.54, 1.807) is 7.11 Å². The summed E-state index contributed by atoms with van der Waals surface area (Å²) in [6.07, 6.45) is 2.46. The Kier molecular flexibility index (Phi) is 4.94. The summed E-state index contributed by atoms with van der Waals surface area (Å²) in [5.74, 6) is 0.982. The number of hydrogen-bond acceptors (Lipinski definition) is 2. The molecule has 1 aromatic rings. The van der Waals surface area contributed by atoms with Gasteiger partial charge in [0.25, 0.3) is 0 Å². The Morgan fingerprint density at radius 2 is 1.65 bits per heavy atom. The number of methoxy groups -OCH3 is 1. The average Bonchev–Trinajstić information content (AvgIpc) is 2.41. The molecular weight excluding hydrogens is 382 g/mol. The van der Waals surface area contributed by atoms with Crippen LogP contribution in [0.25, 0.3) is 0 Å². The standard InChI is InChI=1S/C16H23O2Se2/c1-15(2)6-7-16(3,4)12-9-14(20-19)13(8-11(12)15)18-10-17-5/h8-9H,6-7,10H2,1-5H3. The molecule has 0 N–H and O–H groups in total. The maximum atomic E-state index is 5.78. The summed E-state index contributed by atoms with van der Waals surface area (Å²) in [5.41, 5.74) is 3.41. The summed E-state index contributed by atoms with van der Waals surface area (Å²) in [6, 6.07) is 4.61. The first-order valence-corrected chi connectivity index (χ1v) is 12.1. The molecule has 0 amide bonds. The molecule has 1 aromatic carbocycles. The molecule has 0 saturated heterocycles. The van der Waals surface area contributed by atoms with E-state index in [1.807, 2.05) is 0 Å². The van der Waals surface area contributed by atoms with Crippen molar-refractivity contribution in [1.29, 1.82) is 0 Å². The van der Waals surface area contributed by atoms with E-state index >= 15 is 0 Å². The van der Waals surface area contributed by atoms with E-state index in [0.29, 0.717) is 19.9 Å². The maximum absolute atomic E-state index is 5.78. The number of rotatable bonds is 4. The van der Waals surface area contributed by atoms with Gasteiger partial charge >= 0.3 is 136 Å². The topological polar surface area (TPSA) is 18.5 Å². The molecule has 0 fully saturated rings. The van der Waals surface area contributed by atoms with Crippen LogP contribution in [0.3, 0.4) is 0 Å². The Labute approximate surface area is 135 Å². The van der Waals surface area contributed by atoms with Crippen molar-refractivity contribution in [1.82, 2.24) is 0 Å². The van der Waals surface area contributed by atoms with Gasteiger partial charge in [-0.2, -0.15) is 0 Å². The average molecular weight is 405 g/mol. The van der Waals surface area contributed by atoms with E-state index in [-0.39, 0.29) is 10.8 Å². The fourth-order valence-corrected chi connectivity index (χ4v) is 5.06. The zero-order valence-corrected chi connectivity index (χ0v) is 16.3. The Morgan fingerprint density at radius 1 is 1.10 bits per heavy atom. The normalized spacial score (nSPS) is 19.5. The molecule has 0 saturated carbocycles. The van der Waals surface area contributed by atoms with E-state index in [0.717, 1.165) is 5.75 Å². The van der Waals surface area contributed by atoms with Crippen LogP contribution in [0.5, 0.6) is 5.75 Å². The number of fused-ring (bicyclic) bond motifs is 1. The van der Waals surface area contributed by atoms with Gasteiger partial charge in [0, 0.05) is 0 Å². The molecule has 1 aliphatic carbocycles. The van der Waals surface area contributed by atoms with Crippen molar-refractivity contribution in [2.75, 3.05) is 13.9 Å². The molecular formula is C16H23O2Se2. The monoisotopic (exact) mass is 407 g/mol. The van der Waals surface area contributed by atoms with Gasteiger partial charge in [0.15, 0.2) is 0 Å². The van der Waals surface area contributed by atoms with E-state index in [2.05, 4.69) is 54.0 Å². The van der Waals surface area contributed by atoms with Crippen molar-refractivity contribution < 1.29 is 9.47 Å². The van der Waals surface area contributed by atoms with Crippen LogP contribution in [0.4, 0.5) is 0 Å². The molecule has 20 heavy (non-hydrogen) atoms. The molecule has 1 radical (unpaired) electrons. The van der Waals surface area contributed by atoms with E-state index in [1.165, 1.54) is 28.4 Å². The summed E-state index contributed by atoms with van der Waals surface area (Å²) in [4.78, 5) is 0. The molecule has 0 spiro atoms. The van der Waals surface area contributed by atoms with Gasteiger partial charge in [-0.3, -0.25) is 0 Å². The van der Waals surface area contributed by atoms with Gasteiger partial charge in [0.05, 0.1) is 0 Å². The third-order valence-electron chi connectivity index (χ3n) is 4.34. The molecule has 0 aliphatic heterocycles. The molecule has 111 valence electrons. The second-order valence-corrected chi connectivity index (χ2v) is 9.84. The fraction of sp³-hybridized carbons (Fsp3) is 0.625. The Bertz CT molecular complexity index is 495. The third-order valence-corrected chi connectivity index (χ3v) is 7.34. The zero-order valence-electron chi connectivity index (χ0n) is 12.9. The molecule has 2 nitrogen and oxygen atoms in total. The first kappa shape index (κ1) is 16.4. The third kappa shape index (κ3) is 3.10. The molecule has 1 aliphatic rings. The van der Waals surface area contributed by atoms with Crippen LogP contribution < -0.4 is 9.20 Å². The minimum atomic E-state index is 0.221. The van der Waals surface area contributed by atoms with Crippen LogP contribution in [-0.4, -0.2) is 41.2 Å². The van der Waals surface area contributed by atoms with Gasteiger partial charge in [-0.15, -0.1) is 0 Å². The van der Waals surface area contributed by atoms with Gasteiger partial charge in [-0.1, -0.05) is 0 Å². The van der Waals surface area contributed by atoms with E-state index in [9.17, 15) is 0 Å². The Balaban J connectivity index is 2.55. The molecule has 0 aromatic heterocycles. The molecule has 0 heterocycles. The van der Waals surface area contributed by atoms with Gasteiger partial charge in [-0.25, -0.2) is 0 Å². The SMILES string of the molecule is COCOc1cc2c(cc1[Se][Se])C(C)(C)CCC2(C)C. The minimum absolute atomic E-state index is 0.221. The van der Waals surface area contributed by atoms with E-state index < -0.39 is 0 Å². The fourth-order valence-electron chi connectivity index (χ4n) is 2.87. The summed E-state index contributed by atoms with van der Waals surface area (Å²) < 4.78 is 12.1. The van der Waals surface area contributed by atoms with E-state index in [4.69, 9.17) is 9.47 Å². The summed E-state index contributed by atoms with van der Waals surface area (Å²) in [7, 11) is 1.66. The second-order valence-electron chi connectivity index (χ2n) is 6.75. The first-order valence-electron chi connectivity index (χ1n) is 6.92. The van der Waals surface area contributed by atoms with Crippen molar-refractivity contribution in [2.24, 2.45) is 0 Å². The van der Waals surface area contributed by atoms with Crippen molar-refractivity contribution >= 4 is 31.8 Å². The first-order chi connectivity index (χ1) is 9.31. The van der Waals surface area contributed by atoms with Gasteiger partial charge in [0.1, 0.15) is 0 Å². The van der Waals surface area contributed by atoms with Crippen LogP contribution in [0.2, 0.25) is 0 Å². The summed E-state index contributed by atoms with van der Waals surface area (Å²) >= 11 is 3.47. The number of ether oxygens (including phenoxy) is 2. The molecule has 0 bridgehead atoms. The summed E-state index contributed by atoms with van der Waals surface area (Å²) in [5, 5.41) is 0. The van der Waals surface area contributed by atoms with Crippen molar-refractivity contribution in [3.63, 3.8) is 0 Å².